The van der Waals surface area contributed by atoms with Gasteiger partial charge in [-0.2, -0.15) is 0 Å². The predicted molar refractivity (Wildman–Crippen MR) is 43.6 cm³/mol. The summed E-state index contributed by atoms with van der Waals surface area (Å²) in [6.07, 6.45) is 0. The van der Waals surface area contributed by atoms with E-state index in [1.54, 1.807) is 0 Å². The van der Waals surface area contributed by atoms with Crippen LogP contribution >= 0.6 is 0 Å². The highest BCUT2D eigenvalue weighted by Crippen LogP contribution is 2.12. The predicted octanol–water partition coefficient (Wildman–Crippen LogP) is -0.321. The molecule has 0 aliphatic carbocycles. The van der Waals surface area contributed by atoms with Gasteiger partial charge in [0.1, 0.15) is 0 Å². The first-order valence-electron chi connectivity index (χ1n) is 4.41. The largest absolute Gasteiger partial charge is 0.378 e. The first kappa shape index (κ1) is 7.53. The first-order chi connectivity index (χ1) is 5.36. The van der Waals surface area contributed by atoms with E-state index >= 15 is 0 Å². The van der Waals surface area contributed by atoms with Crippen molar-refractivity contribution in [1.29, 1.82) is 0 Å². The van der Waals surface area contributed by atoms with Crippen LogP contribution in [0.25, 0.3) is 0 Å². The summed E-state index contributed by atoms with van der Waals surface area (Å²) < 4.78 is 5.16. The first-order valence-corrected chi connectivity index (χ1v) is 4.41. The molecule has 0 aromatic rings. The summed E-state index contributed by atoms with van der Waals surface area (Å²) in [4.78, 5) is 2.53. The molecule has 2 fully saturated rings. The molecule has 0 aromatic heterocycles. The van der Waals surface area contributed by atoms with Gasteiger partial charge in [0.15, 0.2) is 0 Å². The second-order valence-electron chi connectivity index (χ2n) is 3.54. The number of piperazine rings is 1. The molecule has 1 atom stereocenters. The molecule has 0 amide bonds. The van der Waals surface area contributed by atoms with Crippen molar-refractivity contribution in [2.75, 3.05) is 32.8 Å². The van der Waals surface area contributed by atoms with E-state index in [0.29, 0.717) is 6.04 Å². The molecule has 2 aliphatic rings. The van der Waals surface area contributed by atoms with Gasteiger partial charge in [0.05, 0.1) is 19.3 Å². The average Bonchev–Trinajstić information content (AvgIpc) is 1.83. The Morgan fingerprint density at radius 3 is 2.82 bits per heavy atom. The van der Waals surface area contributed by atoms with E-state index < -0.39 is 0 Å². The molecule has 3 heteroatoms. The number of hydrogen-bond acceptors (Lipinski definition) is 3. The molecule has 1 unspecified atom stereocenters. The number of hydrogen-bond donors (Lipinski definition) is 1. The summed E-state index contributed by atoms with van der Waals surface area (Å²) in [6.45, 7) is 7.66. The van der Waals surface area contributed by atoms with Crippen LogP contribution in [0.3, 0.4) is 0 Å². The highest BCUT2D eigenvalue weighted by atomic mass is 16.5. The highest BCUT2D eigenvalue weighted by molar-refractivity contribution is 4.83. The smallest absolute Gasteiger partial charge is 0.0645 e. The third kappa shape index (κ3) is 1.55. The van der Waals surface area contributed by atoms with E-state index in [0.717, 1.165) is 25.8 Å². The Hall–Kier alpha value is -0.120. The van der Waals surface area contributed by atoms with Crippen molar-refractivity contribution < 1.29 is 4.74 Å². The fourth-order valence-electron chi connectivity index (χ4n) is 1.73. The molecule has 0 aromatic carbocycles. The lowest BCUT2D eigenvalue weighted by atomic mass is 10.1. The highest BCUT2D eigenvalue weighted by Gasteiger charge is 2.28. The standard InChI is InChI=1S/C8H16N2O/c1-7-4-10(3-2-9-7)8-5-11-6-8/h7-9H,2-6H2,1H3. The van der Waals surface area contributed by atoms with Crippen molar-refractivity contribution in [2.24, 2.45) is 0 Å². The van der Waals surface area contributed by atoms with Crippen LogP contribution in [-0.2, 0) is 4.74 Å². The monoisotopic (exact) mass is 156 g/mol. The minimum Gasteiger partial charge on any atom is -0.378 e. The van der Waals surface area contributed by atoms with E-state index in [2.05, 4.69) is 17.1 Å². The van der Waals surface area contributed by atoms with Gasteiger partial charge in [-0.3, -0.25) is 4.90 Å². The van der Waals surface area contributed by atoms with Crippen LogP contribution in [0.1, 0.15) is 6.92 Å². The lowest BCUT2D eigenvalue weighted by Crippen LogP contribution is -2.58. The zero-order chi connectivity index (χ0) is 7.68. The zero-order valence-corrected chi connectivity index (χ0v) is 7.05. The van der Waals surface area contributed by atoms with Gasteiger partial charge in [-0.1, -0.05) is 0 Å². The van der Waals surface area contributed by atoms with Crippen LogP contribution in [0.15, 0.2) is 0 Å². The average molecular weight is 156 g/mol. The maximum absolute atomic E-state index is 5.16. The van der Waals surface area contributed by atoms with E-state index in [9.17, 15) is 0 Å². The number of ether oxygens (including phenoxy) is 1. The minimum absolute atomic E-state index is 0.657. The van der Waals surface area contributed by atoms with E-state index in [1.807, 2.05) is 0 Å². The molecule has 0 bridgehead atoms. The van der Waals surface area contributed by atoms with Crippen molar-refractivity contribution in [3.8, 4) is 0 Å². The second kappa shape index (κ2) is 3.09. The van der Waals surface area contributed by atoms with Crippen molar-refractivity contribution in [3.05, 3.63) is 0 Å². The SMILES string of the molecule is CC1CN(C2COC2)CCN1. The second-order valence-corrected chi connectivity index (χ2v) is 3.54. The molecule has 2 rings (SSSR count). The van der Waals surface area contributed by atoms with Crippen LogP contribution in [0, 0.1) is 0 Å². The van der Waals surface area contributed by atoms with E-state index in [4.69, 9.17) is 4.74 Å². The Labute approximate surface area is 67.7 Å². The Kier molecular flexibility index (Phi) is 2.11. The molecule has 1 N–H and O–H groups in total. The van der Waals surface area contributed by atoms with Crippen LogP contribution < -0.4 is 5.32 Å². The van der Waals surface area contributed by atoms with Gasteiger partial charge in [0.25, 0.3) is 0 Å². The van der Waals surface area contributed by atoms with Gasteiger partial charge in [0, 0.05) is 25.7 Å². The molecule has 0 radical (unpaired) electrons. The summed E-state index contributed by atoms with van der Waals surface area (Å²) in [5.74, 6) is 0. The van der Waals surface area contributed by atoms with Crippen LogP contribution in [0.5, 0.6) is 0 Å². The zero-order valence-electron chi connectivity index (χ0n) is 7.05. The van der Waals surface area contributed by atoms with Gasteiger partial charge in [-0.15, -0.1) is 0 Å². The third-order valence-corrected chi connectivity index (χ3v) is 2.54. The quantitative estimate of drug-likeness (QED) is 0.563. The van der Waals surface area contributed by atoms with Gasteiger partial charge in [-0.25, -0.2) is 0 Å². The molecule has 0 saturated carbocycles. The van der Waals surface area contributed by atoms with Gasteiger partial charge in [0.2, 0.25) is 0 Å². The van der Waals surface area contributed by atoms with E-state index in [-0.39, 0.29) is 0 Å². The normalized spacial score (nSPS) is 35.2. The van der Waals surface area contributed by atoms with Crippen molar-refractivity contribution in [2.45, 2.75) is 19.0 Å². The lowest BCUT2D eigenvalue weighted by Gasteiger charge is -2.41. The molecular formula is C8H16N2O. The fraction of sp³-hybridized carbons (Fsp3) is 1.00. The maximum atomic E-state index is 5.16. The third-order valence-electron chi connectivity index (χ3n) is 2.54. The molecule has 11 heavy (non-hydrogen) atoms. The number of nitrogens with one attached hydrogen (secondary N) is 1. The summed E-state index contributed by atoms with van der Waals surface area (Å²) in [7, 11) is 0. The Balaban J connectivity index is 1.82. The molecule has 2 aliphatic heterocycles. The van der Waals surface area contributed by atoms with Gasteiger partial charge in [-0.05, 0) is 6.92 Å². The molecular weight excluding hydrogens is 140 g/mol. The lowest BCUT2D eigenvalue weighted by molar-refractivity contribution is -0.0714. The maximum Gasteiger partial charge on any atom is 0.0645 e. The summed E-state index contributed by atoms with van der Waals surface area (Å²) >= 11 is 0. The minimum atomic E-state index is 0.657. The van der Waals surface area contributed by atoms with Gasteiger partial charge >= 0.3 is 0 Å². The number of rotatable bonds is 1. The number of nitrogens with zero attached hydrogens (tertiary/aromatic N) is 1. The van der Waals surface area contributed by atoms with Crippen LogP contribution in [-0.4, -0.2) is 49.8 Å². The molecule has 0 spiro atoms. The van der Waals surface area contributed by atoms with Crippen molar-refractivity contribution in [3.63, 3.8) is 0 Å². The molecule has 3 nitrogen and oxygen atoms in total. The Morgan fingerprint density at radius 2 is 2.27 bits per heavy atom. The topological polar surface area (TPSA) is 24.5 Å². The van der Waals surface area contributed by atoms with E-state index in [1.165, 1.54) is 13.1 Å². The summed E-state index contributed by atoms with van der Waals surface area (Å²) in [5.41, 5.74) is 0. The Morgan fingerprint density at radius 1 is 1.45 bits per heavy atom. The molecule has 2 saturated heterocycles. The Bertz CT molecular complexity index is 136. The van der Waals surface area contributed by atoms with Crippen molar-refractivity contribution in [1.82, 2.24) is 10.2 Å². The van der Waals surface area contributed by atoms with Gasteiger partial charge < -0.3 is 10.1 Å². The molecule has 64 valence electrons. The van der Waals surface area contributed by atoms with Crippen molar-refractivity contribution >= 4 is 0 Å². The molecule has 2 heterocycles. The van der Waals surface area contributed by atoms with Crippen LogP contribution in [0.4, 0.5) is 0 Å². The van der Waals surface area contributed by atoms with Crippen LogP contribution in [0.2, 0.25) is 0 Å². The summed E-state index contributed by atoms with van der Waals surface area (Å²) in [5, 5.41) is 3.43. The fourth-order valence-corrected chi connectivity index (χ4v) is 1.73. The summed E-state index contributed by atoms with van der Waals surface area (Å²) in [6, 6.07) is 1.38.